The minimum atomic E-state index is -0.175. The van der Waals surface area contributed by atoms with E-state index in [-0.39, 0.29) is 5.82 Å². The summed E-state index contributed by atoms with van der Waals surface area (Å²) >= 11 is 0. The standard InChI is InChI=1S/C13H17FN2/c1-3-11(15-2)6-9-8-16-13-5-4-10(14)7-12(9)13/h4-5,7-8,11,15-16H,3,6H2,1-2H3. The molecule has 0 radical (unpaired) electrons. The highest BCUT2D eigenvalue weighted by molar-refractivity contribution is 5.83. The number of aromatic amines is 1. The predicted molar refractivity (Wildman–Crippen MR) is 65.1 cm³/mol. The number of fused-ring (bicyclic) bond motifs is 1. The van der Waals surface area contributed by atoms with E-state index in [4.69, 9.17) is 0 Å². The fourth-order valence-electron chi connectivity index (χ4n) is 2.04. The molecule has 0 saturated heterocycles. The minimum Gasteiger partial charge on any atom is -0.361 e. The lowest BCUT2D eigenvalue weighted by atomic mass is 10.0. The summed E-state index contributed by atoms with van der Waals surface area (Å²) in [7, 11) is 1.96. The summed E-state index contributed by atoms with van der Waals surface area (Å²) in [6.45, 7) is 2.15. The Morgan fingerprint density at radius 1 is 1.44 bits per heavy atom. The van der Waals surface area contributed by atoms with Gasteiger partial charge in [0.05, 0.1) is 0 Å². The zero-order valence-corrected chi connectivity index (χ0v) is 9.68. The molecule has 86 valence electrons. The number of hydrogen-bond donors (Lipinski definition) is 2. The number of rotatable bonds is 4. The fraction of sp³-hybridized carbons (Fsp3) is 0.385. The van der Waals surface area contributed by atoms with E-state index in [9.17, 15) is 4.39 Å². The predicted octanol–water partition coefficient (Wildman–Crippen LogP) is 2.85. The summed E-state index contributed by atoms with van der Waals surface area (Å²) in [5, 5.41) is 4.26. The van der Waals surface area contributed by atoms with Crippen LogP contribution in [0.1, 0.15) is 18.9 Å². The molecule has 0 spiro atoms. The Bertz CT molecular complexity index is 472. The van der Waals surface area contributed by atoms with E-state index in [1.807, 2.05) is 13.2 Å². The number of halogens is 1. The Morgan fingerprint density at radius 2 is 2.25 bits per heavy atom. The first-order valence-corrected chi connectivity index (χ1v) is 5.67. The number of aromatic nitrogens is 1. The number of H-pyrrole nitrogens is 1. The molecule has 1 atom stereocenters. The van der Waals surface area contributed by atoms with Crippen molar-refractivity contribution in [3.05, 3.63) is 35.8 Å². The van der Waals surface area contributed by atoms with E-state index < -0.39 is 0 Å². The average Bonchev–Trinajstić information content (AvgIpc) is 2.68. The van der Waals surface area contributed by atoms with E-state index in [1.54, 1.807) is 12.1 Å². The van der Waals surface area contributed by atoms with Crippen LogP contribution in [-0.4, -0.2) is 18.1 Å². The van der Waals surface area contributed by atoms with Crippen LogP contribution in [0.15, 0.2) is 24.4 Å². The van der Waals surface area contributed by atoms with Crippen LogP contribution in [0.5, 0.6) is 0 Å². The highest BCUT2D eigenvalue weighted by atomic mass is 19.1. The molecule has 0 aliphatic heterocycles. The van der Waals surface area contributed by atoms with E-state index in [2.05, 4.69) is 17.2 Å². The Morgan fingerprint density at radius 3 is 2.94 bits per heavy atom. The van der Waals surface area contributed by atoms with Crippen LogP contribution in [0.2, 0.25) is 0 Å². The number of nitrogens with one attached hydrogen (secondary N) is 2. The van der Waals surface area contributed by atoms with Gasteiger partial charge in [0.2, 0.25) is 0 Å². The maximum atomic E-state index is 13.2. The highest BCUT2D eigenvalue weighted by Crippen LogP contribution is 2.21. The molecule has 1 unspecified atom stereocenters. The van der Waals surface area contributed by atoms with Crippen molar-refractivity contribution in [1.29, 1.82) is 0 Å². The van der Waals surface area contributed by atoms with Gasteiger partial charge in [-0.25, -0.2) is 4.39 Å². The zero-order chi connectivity index (χ0) is 11.5. The van der Waals surface area contributed by atoms with Crippen molar-refractivity contribution in [3.63, 3.8) is 0 Å². The maximum absolute atomic E-state index is 13.2. The molecule has 1 aromatic heterocycles. The number of hydrogen-bond acceptors (Lipinski definition) is 1. The Balaban J connectivity index is 2.33. The molecule has 0 fully saturated rings. The van der Waals surface area contributed by atoms with Gasteiger partial charge in [0.25, 0.3) is 0 Å². The molecule has 0 amide bonds. The molecule has 2 nitrogen and oxygen atoms in total. The molecule has 0 saturated carbocycles. The quantitative estimate of drug-likeness (QED) is 0.814. The Kier molecular flexibility index (Phi) is 3.25. The first-order chi connectivity index (χ1) is 7.74. The van der Waals surface area contributed by atoms with Crippen LogP contribution in [-0.2, 0) is 6.42 Å². The van der Waals surface area contributed by atoms with Gasteiger partial charge in [-0.3, -0.25) is 0 Å². The fourth-order valence-corrected chi connectivity index (χ4v) is 2.04. The normalized spacial score (nSPS) is 13.2. The highest BCUT2D eigenvalue weighted by Gasteiger charge is 2.09. The zero-order valence-electron chi connectivity index (χ0n) is 9.68. The summed E-state index contributed by atoms with van der Waals surface area (Å²) in [6.07, 6.45) is 3.97. The van der Waals surface area contributed by atoms with Crippen LogP contribution >= 0.6 is 0 Å². The molecule has 0 aliphatic carbocycles. The summed E-state index contributed by atoms with van der Waals surface area (Å²) < 4.78 is 13.2. The maximum Gasteiger partial charge on any atom is 0.123 e. The largest absolute Gasteiger partial charge is 0.361 e. The Hall–Kier alpha value is -1.35. The van der Waals surface area contributed by atoms with Crippen molar-refractivity contribution in [1.82, 2.24) is 10.3 Å². The van der Waals surface area contributed by atoms with Gasteiger partial charge >= 0.3 is 0 Å². The summed E-state index contributed by atoms with van der Waals surface area (Å²) in [4.78, 5) is 3.17. The monoisotopic (exact) mass is 220 g/mol. The van der Waals surface area contributed by atoms with Crippen LogP contribution in [0.4, 0.5) is 4.39 Å². The molecule has 2 N–H and O–H groups in total. The van der Waals surface area contributed by atoms with E-state index in [1.165, 1.54) is 11.6 Å². The van der Waals surface area contributed by atoms with Crippen LogP contribution in [0, 0.1) is 5.82 Å². The van der Waals surface area contributed by atoms with Crippen molar-refractivity contribution in [2.24, 2.45) is 0 Å². The van der Waals surface area contributed by atoms with Gasteiger partial charge in [-0.1, -0.05) is 6.92 Å². The summed E-state index contributed by atoms with van der Waals surface area (Å²) in [5.74, 6) is -0.175. The Labute approximate surface area is 94.9 Å². The number of likely N-dealkylation sites (N-methyl/N-ethyl adjacent to an activating group) is 1. The second-order valence-corrected chi connectivity index (χ2v) is 4.10. The molecule has 1 heterocycles. The molecular formula is C13H17FN2. The lowest BCUT2D eigenvalue weighted by molar-refractivity contribution is 0.544. The second kappa shape index (κ2) is 4.66. The van der Waals surface area contributed by atoms with Gasteiger partial charge in [-0.15, -0.1) is 0 Å². The van der Waals surface area contributed by atoms with Gasteiger partial charge in [-0.2, -0.15) is 0 Å². The molecule has 2 aromatic rings. The molecule has 2 rings (SSSR count). The van der Waals surface area contributed by atoms with Gasteiger partial charge in [0.1, 0.15) is 5.82 Å². The molecule has 1 aromatic carbocycles. The molecular weight excluding hydrogens is 203 g/mol. The van der Waals surface area contributed by atoms with Gasteiger partial charge < -0.3 is 10.3 Å². The molecule has 16 heavy (non-hydrogen) atoms. The van der Waals surface area contributed by atoms with E-state index in [0.29, 0.717) is 6.04 Å². The van der Waals surface area contributed by atoms with Gasteiger partial charge in [-0.05, 0) is 43.7 Å². The number of benzene rings is 1. The van der Waals surface area contributed by atoms with Crippen molar-refractivity contribution in [2.45, 2.75) is 25.8 Å². The van der Waals surface area contributed by atoms with Crippen molar-refractivity contribution < 1.29 is 4.39 Å². The van der Waals surface area contributed by atoms with E-state index in [0.717, 1.165) is 23.7 Å². The van der Waals surface area contributed by atoms with Crippen molar-refractivity contribution in [2.75, 3.05) is 7.05 Å². The van der Waals surface area contributed by atoms with Gasteiger partial charge in [0.15, 0.2) is 0 Å². The average molecular weight is 220 g/mol. The third-order valence-electron chi connectivity index (χ3n) is 3.10. The smallest absolute Gasteiger partial charge is 0.123 e. The summed E-state index contributed by atoms with van der Waals surface area (Å²) in [5.41, 5.74) is 2.18. The van der Waals surface area contributed by atoms with Gasteiger partial charge in [0, 0.05) is 23.1 Å². The van der Waals surface area contributed by atoms with Crippen LogP contribution in [0.3, 0.4) is 0 Å². The minimum absolute atomic E-state index is 0.175. The summed E-state index contributed by atoms with van der Waals surface area (Å²) in [6, 6.07) is 5.32. The van der Waals surface area contributed by atoms with E-state index >= 15 is 0 Å². The third-order valence-corrected chi connectivity index (χ3v) is 3.10. The lowest BCUT2D eigenvalue weighted by Gasteiger charge is -2.12. The lowest BCUT2D eigenvalue weighted by Crippen LogP contribution is -2.26. The molecule has 3 heteroatoms. The van der Waals surface area contributed by atoms with Crippen molar-refractivity contribution in [3.8, 4) is 0 Å². The molecule has 0 aliphatic rings. The third kappa shape index (κ3) is 2.09. The SMILES string of the molecule is CCC(Cc1c[nH]c2ccc(F)cc12)NC. The second-order valence-electron chi connectivity index (χ2n) is 4.10. The first-order valence-electron chi connectivity index (χ1n) is 5.67. The van der Waals surface area contributed by atoms with Crippen molar-refractivity contribution >= 4 is 10.9 Å². The van der Waals surface area contributed by atoms with Crippen LogP contribution in [0.25, 0.3) is 10.9 Å². The first kappa shape index (κ1) is 11.1. The topological polar surface area (TPSA) is 27.8 Å². The molecule has 0 bridgehead atoms. The van der Waals surface area contributed by atoms with Crippen LogP contribution < -0.4 is 5.32 Å².